The molecule has 1 rings (SSSR count). The molecule has 0 heterocycles. The number of aliphatic hydroxyl groups excluding tert-OH is 1. The second-order valence-corrected chi connectivity index (χ2v) is 4.10. The lowest BCUT2D eigenvalue weighted by atomic mass is 10.2. The van der Waals surface area contributed by atoms with Gasteiger partial charge in [-0.15, -0.1) is 0 Å². The van der Waals surface area contributed by atoms with E-state index in [0.29, 0.717) is 18.7 Å². The molecule has 1 aromatic rings. The van der Waals surface area contributed by atoms with Crippen LogP contribution in [0, 0.1) is 0 Å². The van der Waals surface area contributed by atoms with Crippen LogP contribution >= 0.6 is 0 Å². The molecular weight excluding hydrogens is 232 g/mol. The Labute approximate surface area is 107 Å². The molecular formula is C13H20N2O3. The van der Waals surface area contributed by atoms with Crippen LogP contribution in [-0.2, 0) is 0 Å². The molecule has 0 bridgehead atoms. The highest BCUT2D eigenvalue weighted by molar-refractivity contribution is 5.89. The van der Waals surface area contributed by atoms with Gasteiger partial charge in [0.1, 0.15) is 5.75 Å². The van der Waals surface area contributed by atoms with E-state index in [9.17, 15) is 4.79 Å². The van der Waals surface area contributed by atoms with Gasteiger partial charge in [-0.2, -0.15) is 0 Å². The highest BCUT2D eigenvalue weighted by Gasteiger charge is 2.01. The molecule has 5 heteroatoms. The van der Waals surface area contributed by atoms with Gasteiger partial charge in [-0.25, -0.2) is 4.79 Å². The monoisotopic (exact) mass is 252 g/mol. The minimum absolute atomic E-state index is 0.245. The molecule has 2 amide bonds. The number of hydrogen-bond acceptors (Lipinski definition) is 3. The minimum Gasteiger partial charge on any atom is -0.497 e. The number of hydrogen-bond donors (Lipinski definition) is 3. The van der Waals surface area contributed by atoms with E-state index >= 15 is 0 Å². The van der Waals surface area contributed by atoms with E-state index in [-0.39, 0.29) is 12.1 Å². The van der Waals surface area contributed by atoms with Crippen molar-refractivity contribution in [2.75, 3.05) is 19.0 Å². The molecule has 0 radical (unpaired) electrons. The third-order valence-corrected chi connectivity index (χ3v) is 2.43. The van der Waals surface area contributed by atoms with Crippen molar-refractivity contribution in [3.63, 3.8) is 0 Å². The average molecular weight is 252 g/mol. The Morgan fingerprint density at radius 1 is 1.39 bits per heavy atom. The maximum absolute atomic E-state index is 11.5. The van der Waals surface area contributed by atoms with Crippen molar-refractivity contribution in [3.8, 4) is 5.75 Å². The van der Waals surface area contributed by atoms with Gasteiger partial charge in [0.05, 0.1) is 13.2 Å². The molecule has 5 nitrogen and oxygen atoms in total. The summed E-state index contributed by atoms with van der Waals surface area (Å²) in [4.78, 5) is 11.5. The van der Waals surface area contributed by atoms with E-state index in [4.69, 9.17) is 9.84 Å². The SMILES string of the molecule is COc1ccc(NC(=O)NCCCC(C)O)cc1. The first-order valence-electron chi connectivity index (χ1n) is 5.99. The van der Waals surface area contributed by atoms with Crippen LogP contribution in [0.1, 0.15) is 19.8 Å². The molecule has 18 heavy (non-hydrogen) atoms. The van der Waals surface area contributed by atoms with E-state index in [1.165, 1.54) is 0 Å². The number of aliphatic hydroxyl groups is 1. The number of ether oxygens (including phenoxy) is 1. The van der Waals surface area contributed by atoms with E-state index in [2.05, 4.69) is 10.6 Å². The third kappa shape index (κ3) is 5.54. The van der Waals surface area contributed by atoms with Gasteiger partial charge >= 0.3 is 6.03 Å². The molecule has 1 atom stereocenters. The standard InChI is InChI=1S/C13H20N2O3/c1-10(16)4-3-9-14-13(17)15-11-5-7-12(18-2)8-6-11/h5-8,10,16H,3-4,9H2,1-2H3,(H2,14,15,17). The minimum atomic E-state index is -0.323. The first-order valence-corrected chi connectivity index (χ1v) is 5.99. The average Bonchev–Trinajstić information content (AvgIpc) is 2.35. The number of urea groups is 1. The topological polar surface area (TPSA) is 70.6 Å². The van der Waals surface area contributed by atoms with Crippen LogP contribution in [-0.4, -0.2) is 30.9 Å². The Balaban J connectivity index is 2.26. The lowest BCUT2D eigenvalue weighted by molar-refractivity contribution is 0.181. The summed E-state index contributed by atoms with van der Waals surface area (Å²) in [6.45, 7) is 2.28. The third-order valence-electron chi connectivity index (χ3n) is 2.43. The molecule has 0 fully saturated rings. The summed E-state index contributed by atoms with van der Waals surface area (Å²) in [5.74, 6) is 0.748. The fraction of sp³-hybridized carbons (Fsp3) is 0.462. The fourth-order valence-corrected chi connectivity index (χ4v) is 1.45. The lowest BCUT2D eigenvalue weighted by Crippen LogP contribution is -2.29. The van der Waals surface area contributed by atoms with E-state index < -0.39 is 0 Å². The second-order valence-electron chi connectivity index (χ2n) is 4.10. The van der Waals surface area contributed by atoms with Gasteiger partial charge in [0, 0.05) is 12.2 Å². The molecule has 3 N–H and O–H groups in total. The van der Waals surface area contributed by atoms with Crippen molar-refractivity contribution in [3.05, 3.63) is 24.3 Å². The number of carbonyl (C=O) groups excluding carboxylic acids is 1. The molecule has 0 spiro atoms. The summed E-state index contributed by atoms with van der Waals surface area (Å²) >= 11 is 0. The normalized spacial score (nSPS) is 11.7. The lowest BCUT2D eigenvalue weighted by Gasteiger charge is -2.08. The van der Waals surface area contributed by atoms with Crippen molar-refractivity contribution in [1.29, 1.82) is 0 Å². The number of methoxy groups -OCH3 is 1. The summed E-state index contributed by atoms with van der Waals surface area (Å²) in [7, 11) is 1.59. The molecule has 1 aromatic carbocycles. The van der Waals surface area contributed by atoms with Gasteiger partial charge < -0.3 is 20.5 Å². The van der Waals surface area contributed by atoms with E-state index in [1.807, 2.05) is 0 Å². The van der Waals surface area contributed by atoms with Crippen LogP contribution in [0.15, 0.2) is 24.3 Å². The zero-order valence-electron chi connectivity index (χ0n) is 10.8. The Bertz CT molecular complexity index is 363. The molecule has 100 valence electrons. The molecule has 0 saturated carbocycles. The van der Waals surface area contributed by atoms with Gasteiger partial charge in [0.25, 0.3) is 0 Å². The van der Waals surface area contributed by atoms with Crippen LogP contribution in [0.25, 0.3) is 0 Å². The Kier molecular flexibility index (Phi) is 6.00. The fourth-order valence-electron chi connectivity index (χ4n) is 1.45. The quantitative estimate of drug-likeness (QED) is 0.678. The highest BCUT2D eigenvalue weighted by Crippen LogP contribution is 2.14. The number of nitrogens with one attached hydrogen (secondary N) is 2. The number of carbonyl (C=O) groups is 1. The Morgan fingerprint density at radius 3 is 2.61 bits per heavy atom. The Hall–Kier alpha value is -1.75. The van der Waals surface area contributed by atoms with E-state index in [1.54, 1.807) is 38.3 Å². The summed E-state index contributed by atoms with van der Waals surface area (Å²) in [5.41, 5.74) is 0.712. The van der Waals surface area contributed by atoms with Crippen LogP contribution in [0.2, 0.25) is 0 Å². The summed E-state index contributed by atoms with van der Waals surface area (Å²) in [6.07, 6.45) is 1.12. The maximum Gasteiger partial charge on any atom is 0.319 e. The van der Waals surface area contributed by atoms with Crippen LogP contribution in [0.4, 0.5) is 10.5 Å². The van der Waals surface area contributed by atoms with Crippen LogP contribution < -0.4 is 15.4 Å². The Morgan fingerprint density at radius 2 is 2.06 bits per heavy atom. The first-order chi connectivity index (χ1) is 8.61. The largest absolute Gasteiger partial charge is 0.497 e. The van der Waals surface area contributed by atoms with Gasteiger partial charge in [-0.3, -0.25) is 0 Å². The number of amides is 2. The molecule has 0 aliphatic heterocycles. The molecule has 0 aliphatic rings. The van der Waals surface area contributed by atoms with Crippen LogP contribution in [0.5, 0.6) is 5.75 Å². The van der Waals surface area contributed by atoms with Crippen molar-refractivity contribution in [2.45, 2.75) is 25.9 Å². The molecule has 0 saturated heterocycles. The van der Waals surface area contributed by atoms with Gasteiger partial charge in [0.2, 0.25) is 0 Å². The van der Waals surface area contributed by atoms with Crippen molar-refractivity contribution in [1.82, 2.24) is 5.32 Å². The number of rotatable bonds is 6. The predicted octanol–water partition coefficient (Wildman–Crippen LogP) is 1.98. The van der Waals surface area contributed by atoms with Crippen molar-refractivity contribution in [2.24, 2.45) is 0 Å². The zero-order chi connectivity index (χ0) is 13.4. The first kappa shape index (κ1) is 14.3. The number of benzene rings is 1. The van der Waals surface area contributed by atoms with Crippen molar-refractivity contribution >= 4 is 11.7 Å². The van der Waals surface area contributed by atoms with Crippen LogP contribution in [0.3, 0.4) is 0 Å². The van der Waals surface area contributed by atoms with Gasteiger partial charge in [-0.05, 0) is 44.0 Å². The molecule has 0 aromatic heterocycles. The highest BCUT2D eigenvalue weighted by atomic mass is 16.5. The maximum atomic E-state index is 11.5. The predicted molar refractivity (Wildman–Crippen MR) is 70.9 cm³/mol. The van der Waals surface area contributed by atoms with E-state index in [0.717, 1.165) is 12.2 Å². The zero-order valence-corrected chi connectivity index (χ0v) is 10.8. The smallest absolute Gasteiger partial charge is 0.319 e. The summed E-state index contributed by atoms with van der Waals surface area (Å²) < 4.78 is 5.02. The van der Waals surface area contributed by atoms with Crippen molar-refractivity contribution < 1.29 is 14.6 Å². The second kappa shape index (κ2) is 7.55. The molecule has 1 unspecified atom stereocenters. The summed E-state index contributed by atoms with van der Waals surface area (Å²) in [5, 5.41) is 14.5. The molecule has 0 aliphatic carbocycles. The summed E-state index contributed by atoms with van der Waals surface area (Å²) in [6, 6.07) is 6.86. The number of anilines is 1. The van der Waals surface area contributed by atoms with Gasteiger partial charge in [-0.1, -0.05) is 0 Å². The van der Waals surface area contributed by atoms with Gasteiger partial charge in [0.15, 0.2) is 0 Å².